The fourth-order valence-electron chi connectivity index (χ4n) is 1.96. The molecule has 0 bridgehead atoms. The van der Waals surface area contributed by atoms with Crippen LogP contribution in [0.3, 0.4) is 0 Å². The zero-order chi connectivity index (χ0) is 15.4. The van der Waals surface area contributed by atoms with Gasteiger partial charge in [-0.3, -0.25) is 0 Å². The normalized spacial score (nSPS) is 10.4. The van der Waals surface area contributed by atoms with Gasteiger partial charge in [-0.1, -0.05) is 13.3 Å². The lowest BCUT2D eigenvalue weighted by molar-refractivity contribution is 0.0694. The molecule has 0 unspecified atom stereocenters. The zero-order valence-corrected chi connectivity index (χ0v) is 11.8. The molecule has 0 saturated carbocycles. The maximum absolute atomic E-state index is 13.4. The van der Waals surface area contributed by atoms with Crippen LogP contribution in [0.1, 0.15) is 29.4 Å². The van der Waals surface area contributed by atoms with E-state index in [0.29, 0.717) is 23.5 Å². The number of hydrogen-bond acceptors (Lipinski definition) is 4. The van der Waals surface area contributed by atoms with E-state index in [9.17, 15) is 9.18 Å². The molecule has 21 heavy (non-hydrogen) atoms. The first-order chi connectivity index (χ1) is 10.1. The topological polar surface area (TPSA) is 72.3 Å². The van der Waals surface area contributed by atoms with Crippen LogP contribution in [-0.2, 0) is 6.42 Å². The van der Waals surface area contributed by atoms with Crippen molar-refractivity contribution in [3.05, 3.63) is 41.5 Å². The Morgan fingerprint density at radius 1 is 1.43 bits per heavy atom. The number of aromatic carboxylic acids is 1. The third-order valence-corrected chi connectivity index (χ3v) is 2.99. The van der Waals surface area contributed by atoms with Gasteiger partial charge in [0.05, 0.1) is 18.4 Å². The number of carboxylic acids is 1. The summed E-state index contributed by atoms with van der Waals surface area (Å²) in [6.45, 7) is 1.94. The molecular weight excluding hydrogens is 275 g/mol. The Morgan fingerprint density at radius 3 is 2.81 bits per heavy atom. The summed E-state index contributed by atoms with van der Waals surface area (Å²) in [5.41, 5.74) is 1.13. The lowest BCUT2D eigenvalue weighted by Gasteiger charge is -2.08. The van der Waals surface area contributed by atoms with Gasteiger partial charge in [0.1, 0.15) is 0 Å². The molecule has 2 aromatic rings. The number of benzene rings is 1. The largest absolute Gasteiger partial charge is 0.494 e. The molecule has 0 aliphatic carbocycles. The van der Waals surface area contributed by atoms with Crippen LogP contribution >= 0.6 is 0 Å². The molecule has 0 amide bonds. The van der Waals surface area contributed by atoms with E-state index < -0.39 is 11.8 Å². The molecule has 0 spiro atoms. The second-order valence-electron chi connectivity index (χ2n) is 4.46. The van der Waals surface area contributed by atoms with Crippen molar-refractivity contribution in [1.82, 2.24) is 9.97 Å². The maximum Gasteiger partial charge on any atom is 0.339 e. The van der Waals surface area contributed by atoms with Crippen LogP contribution in [0.25, 0.3) is 11.4 Å². The number of hydrogen-bond donors (Lipinski definition) is 1. The van der Waals surface area contributed by atoms with E-state index in [-0.39, 0.29) is 11.3 Å². The number of carbonyl (C=O) groups is 1. The molecule has 1 heterocycles. The molecule has 6 heteroatoms. The number of carboxylic acid groups (broad SMARTS) is 1. The smallest absolute Gasteiger partial charge is 0.339 e. The molecule has 5 nitrogen and oxygen atoms in total. The Bertz CT molecular complexity index is 674. The van der Waals surface area contributed by atoms with Gasteiger partial charge in [-0.2, -0.15) is 0 Å². The zero-order valence-electron chi connectivity index (χ0n) is 11.8. The van der Waals surface area contributed by atoms with Gasteiger partial charge in [-0.25, -0.2) is 19.2 Å². The molecular formula is C15H15FN2O3. The second kappa shape index (κ2) is 6.30. The summed E-state index contributed by atoms with van der Waals surface area (Å²) in [6, 6.07) is 4.28. The summed E-state index contributed by atoms with van der Waals surface area (Å²) in [5, 5.41) is 9.12. The van der Waals surface area contributed by atoms with Gasteiger partial charge in [-0.05, 0) is 24.6 Å². The van der Waals surface area contributed by atoms with Gasteiger partial charge in [0, 0.05) is 11.8 Å². The van der Waals surface area contributed by atoms with Crippen molar-refractivity contribution in [2.75, 3.05) is 7.11 Å². The van der Waals surface area contributed by atoms with E-state index >= 15 is 0 Å². The molecule has 1 aromatic heterocycles. The molecule has 0 atom stereocenters. The Hall–Kier alpha value is -2.50. The van der Waals surface area contributed by atoms with Crippen LogP contribution < -0.4 is 4.74 Å². The van der Waals surface area contributed by atoms with Crippen LogP contribution in [0.5, 0.6) is 5.75 Å². The quantitative estimate of drug-likeness (QED) is 0.916. The van der Waals surface area contributed by atoms with Crippen molar-refractivity contribution < 1.29 is 19.0 Å². The van der Waals surface area contributed by atoms with Crippen molar-refractivity contribution in [2.45, 2.75) is 19.8 Å². The van der Waals surface area contributed by atoms with E-state index in [1.807, 2.05) is 6.92 Å². The summed E-state index contributed by atoms with van der Waals surface area (Å²) in [5.74, 6) is -1.09. The molecule has 2 rings (SSSR count). The first-order valence-corrected chi connectivity index (χ1v) is 6.50. The van der Waals surface area contributed by atoms with E-state index in [1.165, 1.54) is 31.5 Å². The highest BCUT2D eigenvalue weighted by molar-refractivity contribution is 5.88. The van der Waals surface area contributed by atoms with Crippen molar-refractivity contribution in [2.24, 2.45) is 0 Å². The maximum atomic E-state index is 13.4. The second-order valence-corrected chi connectivity index (χ2v) is 4.46. The predicted octanol–water partition coefficient (Wildman–Crippen LogP) is 2.94. The lowest BCUT2D eigenvalue weighted by atomic mass is 10.1. The van der Waals surface area contributed by atoms with Crippen LogP contribution in [0.2, 0.25) is 0 Å². The average Bonchev–Trinajstić information content (AvgIpc) is 2.47. The summed E-state index contributed by atoms with van der Waals surface area (Å²) >= 11 is 0. The average molecular weight is 290 g/mol. The molecule has 1 N–H and O–H groups in total. The van der Waals surface area contributed by atoms with Crippen LogP contribution in [0.4, 0.5) is 4.39 Å². The molecule has 0 fully saturated rings. The summed E-state index contributed by atoms with van der Waals surface area (Å²) < 4.78 is 18.3. The lowest BCUT2D eigenvalue weighted by Crippen LogP contribution is -2.07. The Labute approximate surface area is 121 Å². The highest BCUT2D eigenvalue weighted by Gasteiger charge is 2.14. The Morgan fingerprint density at radius 2 is 2.19 bits per heavy atom. The molecule has 1 aromatic carbocycles. The van der Waals surface area contributed by atoms with Crippen LogP contribution in [0, 0.1) is 5.82 Å². The Kier molecular flexibility index (Phi) is 4.47. The van der Waals surface area contributed by atoms with Crippen molar-refractivity contribution in [3.8, 4) is 17.1 Å². The van der Waals surface area contributed by atoms with E-state index in [2.05, 4.69) is 9.97 Å². The number of aryl methyl sites for hydroxylation is 1. The summed E-state index contributed by atoms with van der Waals surface area (Å²) in [4.78, 5) is 19.5. The van der Waals surface area contributed by atoms with Gasteiger partial charge in [0.2, 0.25) is 0 Å². The minimum absolute atomic E-state index is 0.0923. The molecule has 110 valence electrons. The minimum Gasteiger partial charge on any atom is -0.494 e. The fraction of sp³-hybridized carbons (Fsp3) is 0.267. The third-order valence-electron chi connectivity index (χ3n) is 2.99. The minimum atomic E-state index is -1.05. The standard InChI is InChI=1S/C15H15FN2O3/c1-3-4-12-10(15(19)20)8-17-14(18-12)9-5-6-11(16)13(7-9)21-2/h5-8H,3-4H2,1-2H3,(H,19,20). The molecule has 0 radical (unpaired) electrons. The van der Waals surface area contributed by atoms with Crippen molar-refractivity contribution >= 4 is 5.97 Å². The number of methoxy groups -OCH3 is 1. The number of aromatic nitrogens is 2. The van der Waals surface area contributed by atoms with Crippen LogP contribution in [-0.4, -0.2) is 28.2 Å². The fourth-order valence-corrected chi connectivity index (χ4v) is 1.96. The van der Waals surface area contributed by atoms with Gasteiger partial charge >= 0.3 is 5.97 Å². The summed E-state index contributed by atoms with van der Waals surface area (Å²) in [7, 11) is 1.37. The van der Waals surface area contributed by atoms with E-state index in [4.69, 9.17) is 9.84 Å². The predicted molar refractivity (Wildman–Crippen MR) is 74.9 cm³/mol. The van der Waals surface area contributed by atoms with Gasteiger partial charge < -0.3 is 9.84 Å². The molecule has 0 aliphatic heterocycles. The Balaban J connectivity index is 2.49. The van der Waals surface area contributed by atoms with Crippen LogP contribution in [0.15, 0.2) is 24.4 Å². The van der Waals surface area contributed by atoms with Crippen molar-refractivity contribution in [3.63, 3.8) is 0 Å². The van der Waals surface area contributed by atoms with E-state index in [0.717, 1.165) is 6.42 Å². The number of halogens is 1. The highest BCUT2D eigenvalue weighted by Crippen LogP contribution is 2.24. The van der Waals surface area contributed by atoms with Gasteiger partial charge in [0.25, 0.3) is 0 Å². The summed E-state index contributed by atoms with van der Waals surface area (Å²) in [6.07, 6.45) is 2.59. The monoisotopic (exact) mass is 290 g/mol. The number of ether oxygens (including phenoxy) is 1. The van der Waals surface area contributed by atoms with Gasteiger partial charge in [0.15, 0.2) is 17.4 Å². The van der Waals surface area contributed by atoms with E-state index in [1.54, 1.807) is 0 Å². The number of nitrogens with zero attached hydrogens (tertiary/aromatic N) is 2. The number of rotatable bonds is 5. The SMILES string of the molecule is CCCc1nc(-c2ccc(F)c(OC)c2)ncc1C(=O)O. The highest BCUT2D eigenvalue weighted by atomic mass is 19.1. The first-order valence-electron chi connectivity index (χ1n) is 6.50. The van der Waals surface area contributed by atoms with Gasteiger partial charge in [-0.15, -0.1) is 0 Å². The van der Waals surface area contributed by atoms with Crippen molar-refractivity contribution in [1.29, 1.82) is 0 Å². The third kappa shape index (κ3) is 3.16. The molecule has 0 aliphatic rings. The molecule has 0 saturated heterocycles. The first kappa shape index (κ1) is 14.9.